The van der Waals surface area contributed by atoms with Gasteiger partial charge in [0.25, 0.3) is 0 Å². The number of alkyl halides is 3. The molecule has 2 N–H and O–H groups in total. The second-order valence-corrected chi connectivity index (χ2v) is 2.89. The molecule has 3 nitrogen and oxygen atoms in total. The number of nitrogens with zero attached hydrogens (tertiary/aromatic N) is 2. The fraction of sp³-hybridized carbons (Fsp3) is 0.500. The van der Waals surface area contributed by atoms with E-state index in [-0.39, 0.29) is 12.4 Å². The summed E-state index contributed by atoms with van der Waals surface area (Å²) >= 11 is 0. The van der Waals surface area contributed by atoms with Crippen LogP contribution in [-0.2, 0) is 13.0 Å². The molecule has 0 bridgehead atoms. The van der Waals surface area contributed by atoms with Crippen molar-refractivity contribution >= 4 is 0 Å². The van der Waals surface area contributed by atoms with E-state index in [2.05, 4.69) is 9.97 Å². The van der Waals surface area contributed by atoms with Gasteiger partial charge in [-0.3, -0.25) is 0 Å². The molecule has 78 valence electrons. The van der Waals surface area contributed by atoms with Crippen molar-refractivity contribution in [3.05, 3.63) is 23.3 Å². The van der Waals surface area contributed by atoms with Crippen molar-refractivity contribution in [2.24, 2.45) is 5.73 Å². The van der Waals surface area contributed by atoms with Crippen molar-refractivity contribution in [3.63, 3.8) is 0 Å². The molecule has 0 saturated carbocycles. The Labute approximate surface area is 79.2 Å². The summed E-state index contributed by atoms with van der Waals surface area (Å²) in [5, 5.41) is 0. The Balaban J connectivity index is 2.87. The van der Waals surface area contributed by atoms with Crippen LogP contribution in [0.4, 0.5) is 13.2 Å². The molecule has 0 spiro atoms. The van der Waals surface area contributed by atoms with Crippen molar-refractivity contribution in [1.29, 1.82) is 0 Å². The van der Waals surface area contributed by atoms with Crippen LogP contribution in [0.1, 0.15) is 17.1 Å². The summed E-state index contributed by atoms with van der Waals surface area (Å²) in [4.78, 5) is 7.30. The third-order valence-electron chi connectivity index (χ3n) is 1.71. The van der Waals surface area contributed by atoms with Gasteiger partial charge in [-0.25, -0.2) is 9.97 Å². The molecule has 0 amide bonds. The molecular weight excluding hydrogens is 195 g/mol. The van der Waals surface area contributed by atoms with Crippen LogP contribution in [0.5, 0.6) is 0 Å². The summed E-state index contributed by atoms with van der Waals surface area (Å²) in [6.07, 6.45) is -4.03. The van der Waals surface area contributed by atoms with E-state index in [4.69, 9.17) is 5.73 Å². The average molecular weight is 205 g/mol. The van der Waals surface area contributed by atoms with Crippen LogP contribution in [0, 0.1) is 6.92 Å². The largest absolute Gasteiger partial charge is 0.396 e. The van der Waals surface area contributed by atoms with Crippen LogP contribution in [0.15, 0.2) is 6.20 Å². The smallest absolute Gasteiger partial charge is 0.326 e. The van der Waals surface area contributed by atoms with E-state index in [9.17, 15) is 13.2 Å². The molecule has 1 aromatic heterocycles. The van der Waals surface area contributed by atoms with Gasteiger partial charge in [0.05, 0.1) is 0 Å². The zero-order valence-corrected chi connectivity index (χ0v) is 7.60. The second-order valence-electron chi connectivity index (χ2n) is 2.89. The topological polar surface area (TPSA) is 51.8 Å². The minimum absolute atomic E-state index is 0.216. The lowest BCUT2D eigenvalue weighted by molar-refractivity contribution is -0.128. The SMILES string of the molecule is Cc1nc(CC(F)(F)F)ncc1CN. The van der Waals surface area contributed by atoms with Gasteiger partial charge in [0.1, 0.15) is 12.2 Å². The van der Waals surface area contributed by atoms with Crippen molar-refractivity contribution in [2.75, 3.05) is 0 Å². The van der Waals surface area contributed by atoms with Crippen molar-refractivity contribution < 1.29 is 13.2 Å². The molecule has 0 unspecified atom stereocenters. The summed E-state index contributed by atoms with van der Waals surface area (Å²) in [6.45, 7) is 1.85. The highest BCUT2D eigenvalue weighted by molar-refractivity contribution is 5.15. The zero-order valence-electron chi connectivity index (χ0n) is 7.60. The van der Waals surface area contributed by atoms with E-state index in [0.717, 1.165) is 0 Å². The first-order valence-corrected chi connectivity index (χ1v) is 4.00. The second kappa shape index (κ2) is 3.91. The molecule has 0 aliphatic heterocycles. The predicted octanol–water partition coefficient (Wildman–Crippen LogP) is 1.35. The standard InChI is InChI=1S/C8H10F3N3/c1-5-6(3-12)4-13-7(14-5)2-8(9,10)11/h4H,2-3,12H2,1H3. The number of rotatable bonds is 2. The van der Waals surface area contributed by atoms with Crippen LogP contribution in [0.2, 0.25) is 0 Å². The zero-order chi connectivity index (χ0) is 10.8. The van der Waals surface area contributed by atoms with Crippen LogP contribution in [0.25, 0.3) is 0 Å². The Hall–Kier alpha value is -1.17. The lowest BCUT2D eigenvalue weighted by atomic mass is 10.2. The summed E-state index contributed by atoms with van der Waals surface area (Å²) in [5.41, 5.74) is 6.49. The van der Waals surface area contributed by atoms with Crippen LogP contribution < -0.4 is 5.73 Å². The summed E-state index contributed by atoms with van der Waals surface area (Å²) in [7, 11) is 0. The lowest BCUT2D eigenvalue weighted by Gasteiger charge is -2.07. The minimum Gasteiger partial charge on any atom is -0.326 e. The van der Waals surface area contributed by atoms with Gasteiger partial charge in [0, 0.05) is 24.0 Å². The van der Waals surface area contributed by atoms with E-state index >= 15 is 0 Å². The summed E-state index contributed by atoms with van der Waals surface area (Å²) in [5.74, 6) is -0.216. The fourth-order valence-electron chi connectivity index (χ4n) is 1.00. The molecular formula is C8H10F3N3. The molecule has 1 heterocycles. The Bertz CT molecular complexity index is 322. The third-order valence-corrected chi connectivity index (χ3v) is 1.71. The molecule has 0 atom stereocenters. The van der Waals surface area contributed by atoms with E-state index in [1.807, 2.05) is 0 Å². The number of aromatic nitrogens is 2. The maximum absolute atomic E-state index is 12.0. The first kappa shape index (κ1) is 10.9. The maximum atomic E-state index is 12.0. The number of aryl methyl sites for hydroxylation is 1. The third kappa shape index (κ3) is 2.95. The highest BCUT2D eigenvalue weighted by Gasteiger charge is 2.29. The summed E-state index contributed by atoms with van der Waals surface area (Å²) in [6, 6.07) is 0. The molecule has 1 aromatic rings. The Morgan fingerprint density at radius 1 is 1.43 bits per heavy atom. The fourth-order valence-corrected chi connectivity index (χ4v) is 1.00. The number of nitrogens with two attached hydrogens (primary N) is 1. The normalized spacial score (nSPS) is 11.8. The molecule has 0 aliphatic carbocycles. The van der Waals surface area contributed by atoms with E-state index in [1.54, 1.807) is 6.92 Å². The maximum Gasteiger partial charge on any atom is 0.396 e. The van der Waals surface area contributed by atoms with Gasteiger partial charge in [0.15, 0.2) is 0 Å². The molecule has 6 heteroatoms. The van der Waals surface area contributed by atoms with Crippen LogP contribution >= 0.6 is 0 Å². The van der Waals surface area contributed by atoms with Gasteiger partial charge in [-0.1, -0.05) is 0 Å². The van der Waals surface area contributed by atoms with Crippen molar-refractivity contribution in [2.45, 2.75) is 26.1 Å². The molecule has 0 fully saturated rings. The Morgan fingerprint density at radius 3 is 2.50 bits per heavy atom. The Kier molecular flexibility index (Phi) is 3.05. The average Bonchev–Trinajstić information content (AvgIpc) is 2.01. The Morgan fingerprint density at radius 2 is 2.07 bits per heavy atom. The molecule has 14 heavy (non-hydrogen) atoms. The van der Waals surface area contributed by atoms with Gasteiger partial charge < -0.3 is 5.73 Å². The molecule has 0 aromatic carbocycles. The van der Waals surface area contributed by atoms with E-state index in [1.165, 1.54) is 6.20 Å². The van der Waals surface area contributed by atoms with Crippen LogP contribution in [-0.4, -0.2) is 16.1 Å². The number of halogens is 3. The van der Waals surface area contributed by atoms with Gasteiger partial charge in [0.2, 0.25) is 0 Å². The molecule has 0 radical (unpaired) electrons. The van der Waals surface area contributed by atoms with Gasteiger partial charge in [-0.2, -0.15) is 13.2 Å². The monoisotopic (exact) mass is 205 g/mol. The number of hydrogen-bond donors (Lipinski definition) is 1. The molecule has 0 aliphatic rings. The minimum atomic E-state index is -4.27. The van der Waals surface area contributed by atoms with Crippen LogP contribution in [0.3, 0.4) is 0 Å². The van der Waals surface area contributed by atoms with Gasteiger partial charge in [-0.05, 0) is 6.92 Å². The lowest BCUT2D eigenvalue weighted by Crippen LogP contribution is -2.15. The first-order valence-electron chi connectivity index (χ1n) is 4.00. The summed E-state index contributed by atoms with van der Waals surface area (Å²) < 4.78 is 35.9. The van der Waals surface area contributed by atoms with Crippen molar-refractivity contribution in [1.82, 2.24) is 9.97 Å². The number of hydrogen-bond acceptors (Lipinski definition) is 3. The predicted molar refractivity (Wildman–Crippen MR) is 44.4 cm³/mol. The van der Waals surface area contributed by atoms with E-state index in [0.29, 0.717) is 11.3 Å². The molecule has 0 saturated heterocycles. The highest BCUT2D eigenvalue weighted by atomic mass is 19.4. The van der Waals surface area contributed by atoms with E-state index < -0.39 is 12.6 Å². The van der Waals surface area contributed by atoms with Gasteiger partial charge in [-0.15, -0.1) is 0 Å². The van der Waals surface area contributed by atoms with Gasteiger partial charge >= 0.3 is 6.18 Å². The first-order chi connectivity index (χ1) is 6.42. The molecule has 1 rings (SSSR count). The van der Waals surface area contributed by atoms with Crippen molar-refractivity contribution in [3.8, 4) is 0 Å². The highest BCUT2D eigenvalue weighted by Crippen LogP contribution is 2.19. The quantitative estimate of drug-likeness (QED) is 0.792.